The number of allylic oxidation sites excluding steroid dienone is 4. The molecule has 82 valence electrons. The molecule has 0 atom stereocenters. The van der Waals surface area contributed by atoms with Crippen LogP contribution in [0, 0.1) is 45.3 Å². The predicted octanol–water partition coefficient (Wildman–Crippen LogP) is 2.40. The van der Waals surface area contributed by atoms with E-state index < -0.39 is 8.07 Å². The fourth-order valence-electron chi connectivity index (χ4n) is 2.04. The van der Waals surface area contributed by atoms with Crippen molar-refractivity contribution in [3.63, 3.8) is 0 Å². The van der Waals surface area contributed by atoms with E-state index >= 15 is 0 Å². The van der Waals surface area contributed by atoms with E-state index in [1.165, 1.54) is 0 Å². The Morgan fingerprint density at radius 2 is 1.12 bits per heavy atom. The molecular formula is C12H10N4Si. The van der Waals surface area contributed by atoms with Gasteiger partial charge >= 0.3 is 0 Å². The van der Waals surface area contributed by atoms with Gasteiger partial charge in [0.1, 0.15) is 12.1 Å². The average molecular weight is 238 g/mol. The molecule has 17 heavy (non-hydrogen) atoms. The van der Waals surface area contributed by atoms with E-state index in [2.05, 4.69) is 0 Å². The van der Waals surface area contributed by atoms with Crippen LogP contribution in [0.25, 0.3) is 0 Å². The monoisotopic (exact) mass is 238 g/mol. The van der Waals surface area contributed by atoms with Crippen LogP contribution in [0.3, 0.4) is 0 Å². The molecule has 5 heteroatoms. The molecular weight excluding hydrogens is 228 g/mol. The van der Waals surface area contributed by atoms with Crippen molar-refractivity contribution < 1.29 is 0 Å². The maximum absolute atomic E-state index is 9.15. The van der Waals surface area contributed by atoms with E-state index in [1.54, 1.807) is 0 Å². The van der Waals surface area contributed by atoms with Crippen LogP contribution in [0.4, 0.5) is 0 Å². The van der Waals surface area contributed by atoms with Crippen molar-refractivity contribution in [2.45, 2.75) is 25.2 Å². The number of rotatable bonds is 1. The summed E-state index contributed by atoms with van der Waals surface area (Å²) in [7, 11) is -1.87. The summed E-state index contributed by atoms with van der Waals surface area (Å²) in [4.78, 5) is 0. The van der Waals surface area contributed by atoms with Gasteiger partial charge in [0.05, 0.1) is 42.5 Å². The van der Waals surface area contributed by atoms with Crippen LogP contribution in [-0.4, -0.2) is 8.07 Å². The molecule has 0 amide bonds. The molecule has 0 aromatic carbocycles. The summed E-state index contributed by atoms with van der Waals surface area (Å²) in [6.07, 6.45) is 0. The third-order valence-electron chi connectivity index (χ3n) is 2.70. The Bertz CT molecular complexity index is 543. The van der Waals surface area contributed by atoms with Crippen LogP contribution in [0.5, 0.6) is 0 Å². The SMILES string of the molecule is C[Si](C)(C)C1C(C#N)=C(C#N)C(C#N)=C1C#N. The average Bonchev–Trinajstić information content (AvgIpc) is 2.60. The normalized spacial score (nSPS) is 16.2. The highest BCUT2D eigenvalue weighted by atomic mass is 28.3. The molecule has 0 fully saturated rings. The van der Waals surface area contributed by atoms with Gasteiger partial charge < -0.3 is 0 Å². The minimum Gasteiger partial charge on any atom is -0.193 e. The molecule has 0 bridgehead atoms. The van der Waals surface area contributed by atoms with Gasteiger partial charge in [-0.2, -0.15) is 21.0 Å². The molecule has 4 nitrogen and oxygen atoms in total. The molecule has 0 heterocycles. The Morgan fingerprint density at radius 1 is 0.765 bits per heavy atom. The molecule has 1 aliphatic carbocycles. The third kappa shape index (κ3) is 1.85. The van der Waals surface area contributed by atoms with Gasteiger partial charge in [0.2, 0.25) is 0 Å². The highest BCUT2D eigenvalue weighted by Gasteiger charge is 2.42. The Morgan fingerprint density at radius 3 is 1.29 bits per heavy atom. The first kappa shape index (κ1) is 12.7. The van der Waals surface area contributed by atoms with Crippen molar-refractivity contribution in [3.8, 4) is 24.3 Å². The van der Waals surface area contributed by atoms with Crippen LogP contribution in [0.15, 0.2) is 22.3 Å². The standard InChI is InChI=1S/C12H10N4Si/c1-17(2,3)12-10(6-15)8(4-13)9(5-14)11(12)7-16/h12H,1-3H3. The molecule has 0 radical (unpaired) electrons. The molecule has 0 aliphatic heterocycles. The van der Waals surface area contributed by atoms with E-state index in [4.69, 9.17) is 21.0 Å². The lowest BCUT2D eigenvalue weighted by Crippen LogP contribution is -2.29. The van der Waals surface area contributed by atoms with Crippen LogP contribution in [0.1, 0.15) is 0 Å². The molecule has 1 aliphatic rings. The molecule has 1 rings (SSSR count). The minimum absolute atomic E-state index is 0.0824. The highest BCUT2D eigenvalue weighted by Crippen LogP contribution is 2.46. The number of nitriles is 4. The molecule has 0 spiro atoms. The van der Waals surface area contributed by atoms with Crippen LogP contribution >= 0.6 is 0 Å². The first-order valence-corrected chi connectivity index (χ1v) is 8.59. The first-order valence-electron chi connectivity index (χ1n) is 5.01. The quantitative estimate of drug-likeness (QED) is 0.655. The molecule has 0 aromatic rings. The van der Waals surface area contributed by atoms with E-state index in [1.807, 2.05) is 43.9 Å². The summed E-state index contributed by atoms with van der Waals surface area (Å²) in [6.45, 7) is 6.05. The highest BCUT2D eigenvalue weighted by molar-refractivity contribution is 6.79. The summed E-state index contributed by atoms with van der Waals surface area (Å²) in [5.41, 5.74) is 0.416. The van der Waals surface area contributed by atoms with Crippen molar-refractivity contribution in [2.75, 3.05) is 0 Å². The fourth-order valence-corrected chi connectivity index (χ4v) is 4.19. The largest absolute Gasteiger partial charge is 0.193 e. The van der Waals surface area contributed by atoms with Gasteiger partial charge in [-0.05, 0) is 0 Å². The Kier molecular flexibility index (Phi) is 3.19. The van der Waals surface area contributed by atoms with Gasteiger partial charge in [0.25, 0.3) is 0 Å². The molecule has 0 N–H and O–H groups in total. The number of hydrogen-bond acceptors (Lipinski definition) is 4. The maximum Gasteiger partial charge on any atom is 0.102 e. The van der Waals surface area contributed by atoms with Crippen molar-refractivity contribution in [1.82, 2.24) is 0 Å². The van der Waals surface area contributed by atoms with Gasteiger partial charge in [0, 0.05) is 5.54 Å². The minimum atomic E-state index is -1.87. The predicted molar refractivity (Wildman–Crippen MR) is 63.6 cm³/mol. The Hall–Kier alpha value is -2.34. The number of nitrogens with zero attached hydrogens (tertiary/aromatic N) is 4. The van der Waals surface area contributed by atoms with Gasteiger partial charge in [-0.25, -0.2) is 0 Å². The fraction of sp³-hybridized carbons (Fsp3) is 0.333. The van der Waals surface area contributed by atoms with E-state index in [-0.39, 0.29) is 16.7 Å². The topological polar surface area (TPSA) is 95.2 Å². The van der Waals surface area contributed by atoms with E-state index in [0.717, 1.165) is 0 Å². The molecule has 0 unspecified atom stereocenters. The second-order valence-corrected chi connectivity index (χ2v) is 10.1. The lowest BCUT2D eigenvalue weighted by molar-refractivity contribution is 1.16. The van der Waals surface area contributed by atoms with Gasteiger partial charge in [0.15, 0.2) is 0 Å². The second kappa shape index (κ2) is 4.26. The van der Waals surface area contributed by atoms with Crippen LogP contribution in [-0.2, 0) is 0 Å². The van der Waals surface area contributed by atoms with Gasteiger partial charge in [-0.1, -0.05) is 19.6 Å². The summed E-state index contributed by atoms with van der Waals surface area (Å²) >= 11 is 0. The summed E-state index contributed by atoms with van der Waals surface area (Å²) in [6, 6.07) is 7.76. The van der Waals surface area contributed by atoms with Crippen molar-refractivity contribution in [2.24, 2.45) is 0 Å². The Labute approximate surface area is 101 Å². The Balaban J connectivity index is 3.65. The summed E-state index contributed by atoms with van der Waals surface area (Å²) < 4.78 is 0. The van der Waals surface area contributed by atoms with E-state index in [0.29, 0.717) is 11.1 Å². The smallest absolute Gasteiger partial charge is 0.102 e. The lowest BCUT2D eigenvalue weighted by Gasteiger charge is -2.25. The molecule has 0 aromatic heterocycles. The summed E-state index contributed by atoms with van der Waals surface area (Å²) in [5, 5.41) is 36.3. The zero-order valence-electron chi connectivity index (χ0n) is 9.87. The van der Waals surface area contributed by atoms with Gasteiger partial charge in [-0.3, -0.25) is 0 Å². The van der Waals surface area contributed by atoms with Crippen LogP contribution in [0.2, 0.25) is 25.2 Å². The third-order valence-corrected chi connectivity index (χ3v) is 5.01. The van der Waals surface area contributed by atoms with Crippen LogP contribution < -0.4 is 0 Å². The van der Waals surface area contributed by atoms with Crippen molar-refractivity contribution in [3.05, 3.63) is 22.3 Å². The van der Waals surface area contributed by atoms with Gasteiger partial charge in [-0.15, -0.1) is 0 Å². The maximum atomic E-state index is 9.15. The zero-order valence-corrected chi connectivity index (χ0v) is 10.9. The first-order chi connectivity index (χ1) is 7.92. The zero-order chi connectivity index (χ0) is 13.2. The second-order valence-electron chi connectivity index (χ2n) is 4.82. The molecule has 0 saturated heterocycles. The number of hydrogen-bond donors (Lipinski definition) is 0. The lowest BCUT2D eigenvalue weighted by atomic mass is 10.1. The molecule has 0 saturated carbocycles. The van der Waals surface area contributed by atoms with Crippen molar-refractivity contribution in [1.29, 1.82) is 21.0 Å². The van der Waals surface area contributed by atoms with Crippen molar-refractivity contribution >= 4 is 8.07 Å². The summed E-state index contributed by atoms with van der Waals surface area (Å²) in [5.74, 6) is 0. The van der Waals surface area contributed by atoms with E-state index in [9.17, 15) is 0 Å².